The molecule has 0 unspecified atom stereocenters. The van der Waals surface area contributed by atoms with Crippen molar-refractivity contribution < 1.29 is 9.21 Å². The van der Waals surface area contributed by atoms with Gasteiger partial charge < -0.3 is 15.5 Å². The number of nitrogens with zero attached hydrogens (tertiary/aromatic N) is 2. The molecule has 0 fully saturated rings. The molecule has 3 aromatic carbocycles. The Morgan fingerprint density at radius 3 is 2.43 bits per heavy atom. The maximum Gasteiger partial charge on any atom is 0.251 e. The Labute approximate surface area is 213 Å². The number of nitriles is 1. The van der Waals surface area contributed by atoms with Crippen LogP contribution in [0.5, 0.6) is 0 Å². The van der Waals surface area contributed by atoms with Crippen LogP contribution in [0.1, 0.15) is 38.3 Å². The predicted octanol–water partition coefficient (Wildman–Crippen LogP) is 6.55. The van der Waals surface area contributed by atoms with Gasteiger partial charge in [0.15, 0.2) is 0 Å². The molecule has 0 atom stereocenters. The molecule has 3 aromatic heterocycles. The van der Waals surface area contributed by atoms with Crippen LogP contribution in [0.3, 0.4) is 0 Å². The molecular weight excluding hydrogens is 460 g/mol. The van der Waals surface area contributed by atoms with Crippen molar-refractivity contribution in [3.63, 3.8) is 0 Å². The molecule has 0 radical (unpaired) electrons. The van der Waals surface area contributed by atoms with Crippen LogP contribution in [0, 0.1) is 32.1 Å². The fourth-order valence-electron chi connectivity index (χ4n) is 5.20. The summed E-state index contributed by atoms with van der Waals surface area (Å²) >= 11 is 0. The third kappa shape index (κ3) is 3.64. The van der Waals surface area contributed by atoms with Crippen LogP contribution in [0.4, 0.5) is 5.82 Å². The monoisotopic (exact) mass is 484 g/mol. The lowest BCUT2D eigenvalue weighted by Crippen LogP contribution is -2.24. The molecule has 1 amide bonds. The van der Waals surface area contributed by atoms with Crippen molar-refractivity contribution in [1.29, 1.82) is 5.26 Å². The van der Waals surface area contributed by atoms with Crippen LogP contribution < -0.4 is 11.1 Å². The van der Waals surface area contributed by atoms with E-state index >= 15 is 0 Å². The minimum absolute atomic E-state index is 0.167. The lowest BCUT2D eigenvalue weighted by Gasteiger charge is -2.12. The van der Waals surface area contributed by atoms with Gasteiger partial charge >= 0.3 is 0 Å². The SMILES string of the molecule is Cc1ccc(C#N)c(-c2ccc3c(c2)c2oc3c3ccc(C(=O)NCc4c(C)cc(N)nc4C)cc32)c1. The number of carbonyl (C=O) groups is 1. The van der Waals surface area contributed by atoms with E-state index in [2.05, 4.69) is 22.4 Å². The first-order valence-electron chi connectivity index (χ1n) is 12.1. The number of amides is 1. The molecule has 0 saturated heterocycles. The van der Waals surface area contributed by atoms with Crippen molar-refractivity contribution >= 4 is 44.4 Å². The molecule has 180 valence electrons. The van der Waals surface area contributed by atoms with Crippen molar-refractivity contribution in [2.45, 2.75) is 27.3 Å². The van der Waals surface area contributed by atoms with Gasteiger partial charge in [-0.1, -0.05) is 23.8 Å². The van der Waals surface area contributed by atoms with Gasteiger partial charge in [0, 0.05) is 39.3 Å². The summed E-state index contributed by atoms with van der Waals surface area (Å²) < 4.78 is 6.21. The summed E-state index contributed by atoms with van der Waals surface area (Å²) in [5, 5.41) is 16.5. The first-order valence-corrected chi connectivity index (χ1v) is 12.1. The van der Waals surface area contributed by atoms with E-state index in [1.807, 2.05) is 75.4 Å². The second-order valence-electron chi connectivity index (χ2n) is 9.55. The van der Waals surface area contributed by atoms with Gasteiger partial charge in [-0.25, -0.2) is 4.98 Å². The maximum absolute atomic E-state index is 13.1. The highest BCUT2D eigenvalue weighted by atomic mass is 16.3. The summed E-state index contributed by atoms with van der Waals surface area (Å²) in [6.45, 7) is 6.24. The minimum atomic E-state index is -0.167. The number of carbonyl (C=O) groups excluding carboxylic acids is 1. The standard InChI is InChI=1S/C31H24N4O2/c1-16-4-5-21(14-32)24(10-16)19-6-8-22-25(12-19)30-26-13-20(7-9-23(26)29(22)37-30)31(36)34-15-27-17(2)11-28(33)35-18(27)3/h4-13H,15H2,1-3H3,(H2,33,35)(H,34,36). The summed E-state index contributed by atoms with van der Waals surface area (Å²) in [4.78, 5) is 17.4. The van der Waals surface area contributed by atoms with Gasteiger partial charge in [0.05, 0.1) is 11.6 Å². The predicted molar refractivity (Wildman–Crippen MR) is 147 cm³/mol. The number of pyridine rings is 1. The van der Waals surface area contributed by atoms with E-state index in [1.165, 1.54) is 0 Å². The van der Waals surface area contributed by atoms with E-state index in [9.17, 15) is 10.1 Å². The van der Waals surface area contributed by atoms with Crippen LogP contribution in [-0.4, -0.2) is 10.9 Å². The number of aromatic nitrogens is 1. The molecule has 6 rings (SSSR count). The summed E-state index contributed by atoms with van der Waals surface area (Å²) in [5.41, 5.74) is 14.3. The molecule has 0 saturated carbocycles. The van der Waals surface area contributed by atoms with Gasteiger partial charge in [0.1, 0.15) is 17.0 Å². The van der Waals surface area contributed by atoms with E-state index in [1.54, 1.807) is 0 Å². The highest BCUT2D eigenvalue weighted by molar-refractivity contribution is 6.26. The number of anilines is 1. The topological polar surface area (TPSA) is 105 Å². The van der Waals surface area contributed by atoms with Crippen molar-refractivity contribution in [1.82, 2.24) is 10.3 Å². The van der Waals surface area contributed by atoms with Gasteiger partial charge in [-0.15, -0.1) is 0 Å². The van der Waals surface area contributed by atoms with Crippen LogP contribution in [0.15, 0.2) is 65.1 Å². The molecular formula is C31H24N4O2. The Kier molecular flexibility index (Phi) is 5.09. The van der Waals surface area contributed by atoms with Gasteiger partial charge in [0.25, 0.3) is 5.91 Å². The van der Waals surface area contributed by atoms with Crippen LogP contribution in [-0.2, 0) is 6.54 Å². The van der Waals surface area contributed by atoms with Crippen molar-refractivity contribution in [3.05, 3.63) is 94.2 Å². The number of hydrogen-bond donors (Lipinski definition) is 2. The number of benzene rings is 4. The van der Waals surface area contributed by atoms with E-state index in [0.29, 0.717) is 23.5 Å². The van der Waals surface area contributed by atoms with Gasteiger partial charge in [-0.3, -0.25) is 4.79 Å². The average molecular weight is 485 g/mol. The number of fused-ring (bicyclic) bond motifs is 8. The zero-order valence-electron chi connectivity index (χ0n) is 20.8. The number of nitrogens with two attached hydrogens (primary N) is 1. The second-order valence-corrected chi connectivity index (χ2v) is 9.55. The van der Waals surface area contributed by atoms with E-state index < -0.39 is 0 Å². The quantitative estimate of drug-likeness (QED) is 0.276. The van der Waals surface area contributed by atoms with Gasteiger partial charge in [-0.2, -0.15) is 5.26 Å². The first kappa shape index (κ1) is 22.6. The minimum Gasteiger partial charge on any atom is -0.455 e. The molecule has 6 aromatic rings. The Bertz CT molecular complexity index is 1890. The zero-order valence-corrected chi connectivity index (χ0v) is 20.8. The normalized spacial score (nSPS) is 11.4. The van der Waals surface area contributed by atoms with E-state index in [0.717, 1.165) is 66.2 Å². The number of nitrogens with one attached hydrogen (secondary N) is 1. The number of furan rings is 2. The Balaban J connectivity index is 1.38. The molecule has 2 bridgehead atoms. The molecule has 0 aliphatic rings. The number of rotatable bonds is 4. The smallest absolute Gasteiger partial charge is 0.251 e. The molecule has 3 N–H and O–H groups in total. The first-order chi connectivity index (χ1) is 17.8. The second kappa shape index (κ2) is 8.35. The number of hydrogen-bond acceptors (Lipinski definition) is 5. The summed E-state index contributed by atoms with van der Waals surface area (Å²) in [6, 6.07) is 21.7. The third-order valence-electron chi connectivity index (χ3n) is 7.09. The zero-order chi connectivity index (χ0) is 25.8. The summed E-state index contributed by atoms with van der Waals surface area (Å²) in [6.07, 6.45) is 0. The van der Waals surface area contributed by atoms with Crippen LogP contribution in [0.25, 0.3) is 43.8 Å². The van der Waals surface area contributed by atoms with Crippen LogP contribution in [0.2, 0.25) is 0 Å². The average Bonchev–Trinajstić information content (AvgIpc) is 3.44. The van der Waals surface area contributed by atoms with Gasteiger partial charge in [-0.05, 0) is 85.5 Å². The highest BCUT2D eigenvalue weighted by Crippen LogP contribution is 2.42. The van der Waals surface area contributed by atoms with E-state index in [4.69, 9.17) is 10.2 Å². The molecule has 6 nitrogen and oxygen atoms in total. The molecule has 0 aliphatic carbocycles. The molecule has 6 heteroatoms. The number of aryl methyl sites for hydroxylation is 3. The Hall–Kier alpha value is -4.89. The lowest BCUT2D eigenvalue weighted by atomic mass is 9.94. The van der Waals surface area contributed by atoms with Crippen molar-refractivity contribution in [2.24, 2.45) is 0 Å². The van der Waals surface area contributed by atoms with Gasteiger partial charge in [0.2, 0.25) is 0 Å². The fraction of sp³-hybridized carbons (Fsp3) is 0.129. The largest absolute Gasteiger partial charge is 0.455 e. The van der Waals surface area contributed by atoms with Crippen molar-refractivity contribution in [3.8, 4) is 17.2 Å². The number of nitrogen functional groups attached to an aromatic ring is 1. The highest BCUT2D eigenvalue weighted by Gasteiger charge is 2.20. The van der Waals surface area contributed by atoms with E-state index in [-0.39, 0.29) is 5.91 Å². The summed E-state index contributed by atoms with van der Waals surface area (Å²) in [5.74, 6) is 0.308. The van der Waals surface area contributed by atoms with Crippen LogP contribution >= 0.6 is 0 Å². The molecule has 0 spiro atoms. The maximum atomic E-state index is 13.1. The molecule has 0 aliphatic heterocycles. The Morgan fingerprint density at radius 1 is 0.946 bits per heavy atom. The Morgan fingerprint density at radius 2 is 1.68 bits per heavy atom. The fourth-order valence-corrected chi connectivity index (χ4v) is 5.20. The molecule has 37 heavy (non-hydrogen) atoms. The molecule has 3 heterocycles. The lowest BCUT2D eigenvalue weighted by molar-refractivity contribution is 0.0951. The summed E-state index contributed by atoms with van der Waals surface area (Å²) in [7, 11) is 0. The third-order valence-corrected chi connectivity index (χ3v) is 7.09. The van der Waals surface area contributed by atoms with Crippen molar-refractivity contribution in [2.75, 3.05) is 5.73 Å².